The number of carbonyl (C=O) groups is 1. The normalized spacial score (nSPS) is 28.1. The maximum atomic E-state index is 12.4. The molecule has 2 aliphatic carbocycles. The SMILES string of the molecule is O=C(NCC1CCCC1CCl)C1CCc2ccccc2C1. The van der Waals surface area contributed by atoms with Crippen LogP contribution in [-0.2, 0) is 17.6 Å². The van der Waals surface area contributed by atoms with E-state index in [1.807, 2.05) is 0 Å². The van der Waals surface area contributed by atoms with Gasteiger partial charge in [0.25, 0.3) is 0 Å². The molecule has 2 aliphatic rings. The van der Waals surface area contributed by atoms with Crippen LogP contribution in [0.4, 0.5) is 0 Å². The summed E-state index contributed by atoms with van der Waals surface area (Å²) in [6, 6.07) is 8.51. The van der Waals surface area contributed by atoms with Crippen LogP contribution in [0.3, 0.4) is 0 Å². The van der Waals surface area contributed by atoms with Crippen LogP contribution in [0.5, 0.6) is 0 Å². The molecule has 1 aromatic carbocycles. The molecule has 114 valence electrons. The van der Waals surface area contributed by atoms with Crippen molar-refractivity contribution in [2.75, 3.05) is 12.4 Å². The van der Waals surface area contributed by atoms with Gasteiger partial charge < -0.3 is 5.32 Å². The summed E-state index contributed by atoms with van der Waals surface area (Å²) in [5.41, 5.74) is 2.77. The van der Waals surface area contributed by atoms with Crippen molar-refractivity contribution in [3.05, 3.63) is 35.4 Å². The minimum absolute atomic E-state index is 0.149. The Hall–Kier alpha value is -1.02. The zero-order valence-corrected chi connectivity index (χ0v) is 13.2. The summed E-state index contributed by atoms with van der Waals surface area (Å²) in [6.07, 6.45) is 6.60. The van der Waals surface area contributed by atoms with Crippen molar-refractivity contribution in [2.24, 2.45) is 17.8 Å². The van der Waals surface area contributed by atoms with Gasteiger partial charge in [0.05, 0.1) is 0 Å². The zero-order chi connectivity index (χ0) is 14.7. The quantitative estimate of drug-likeness (QED) is 0.847. The molecular weight excluding hydrogens is 282 g/mol. The number of rotatable bonds is 4. The molecule has 1 amide bonds. The highest BCUT2D eigenvalue weighted by molar-refractivity contribution is 6.18. The molecule has 3 unspecified atom stereocenters. The maximum absolute atomic E-state index is 12.4. The molecule has 0 radical (unpaired) electrons. The number of alkyl halides is 1. The van der Waals surface area contributed by atoms with Crippen LogP contribution in [0.2, 0.25) is 0 Å². The second-order valence-electron chi connectivity index (χ2n) is 6.56. The van der Waals surface area contributed by atoms with E-state index in [1.165, 1.54) is 30.4 Å². The highest BCUT2D eigenvalue weighted by Gasteiger charge is 2.29. The minimum atomic E-state index is 0.149. The maximum Gasteiger partial charge on any atom is 0.223 e. The van der Waals surface area contributed by atoms with E-state index in [9.17, 15) is 4.79 Å². The Morgan fingerprint density at radius 2 is 1.90 bits per heavy atom. The lowest BCUT2D eigenvalue weighted by atomic mass is 9.83. The Bertz CT molecular complexity index is 502. The zero-order valence-electron chi connectivity index (χ0n) is 12.5. The van der Waals surface area contributed by atoms with Crippen molar-refractivity contribution >= 4 is 17.5 Å². The highest BCUT2D eigenvalue weighted by Crippen LogP contribution is 2.32. The van der Waals surface area contributed by atoms with Crippen LogP contribution in [-0.4, -0.2) is 18.3 Å². The third-order valence-electron chi connectivity index (χ3n) is 5.27. The third kappa shape index (κ3) is 3.42. The molecular formula is C18H24ClNO. The minimum Gasteiger partial charge on any atom is -0.356 e. The summed E-state index contributed by atoms with van der Waals surface area (Å²) in [5.74, 6) is 2.30. The van der Waals surface area contributed by atoms with E-state index in [0.717, 1.165) is 31.7 Å². The molecule has 0 spiro atoms. The number of amides is 1. The van der Waals surface area contributed by atoms with Gasteiger partial charge in [-0.25, -0.2) is 0 Å². The molecule has 21 heavy (non-hydrogen) atoms. The van der Waals surface area contributed by atoms with Gasteiger partial charge in [-0.15, -0.1) is 11.6 Å². The molecule has 3 heteroatoms. The van der Waals surface area contributed by atoms with Gasteiger partial charge in [-0.05, 0) is 55.1 Å². The molecule has 3 rings (SSSR count). The predicted octanol–water partition coefficient (Wildman–Crippen LogP) is 3.56. The number of halogens is 1. The Morgan fingerprint density at radius 3 is 2.71 bits per heavy atom. The molecule has 0 saturated heterocycles. The first-order valence-electron chi connectivity index (χ1n) is 8.18. The second kappa shape index (κ2) is 6.83. The number of nitrogens with one attached hydrogen (secondary N) is 1. The predicted molar refractivity (Wildman–Crippen MR) is 86.5 cm³/mol. The van der Waals surface area contributed by atoms with Gasteiger partial charge in [0.1, 0.15) is 0 Å². The van der Waals surface area contributed by atoms with Crippen LogP contribution in [0, 0.1) is 17.8 Å². The van der Waals surface area contributed by atoms with Gasteiger partial charge >= 0.3 is 0 Å². The summed E-state index contributed by atoms with van der Waals surface area (Å²) < 4.78 is 0. The standard InChI is InChI=1S/C18H24ClNO/c19-11-16-6-3-7-17(16)12-20-18(21)15-9-8-13-4-1-2-5-14(13)10-15/h1-2,4-5,15-17H,3,6-12H2,(H,20,21). The summed E-state index contributed by atoms with van der Waals surface area (Å²) in [7, 11) is 0. The van der Waals surface area contributed by atoms with Gasteiger partial charge in [-0.1, -0.05) is 30.7 Å². The average molecular weight is 306 g/mol. The van der Waals surface area contributed by atoms with Crippen LogP contribution in [0.15, 0.2) is 24.3 Å². The molecule has 1 saturated carbocycles. The molecule has 0 bridgehead atoms. The van der Waals surface area contributed by atoms with Gasteiger partial charge in [-0.2, -0.15) is 0 Å². The van der Waals surface area contributed by atoms with E-state index in [0.29, 0.717) is 11.8 Å². The molecule has 3 atom stereocenters. The van der Waals surface area contributed by atoms with E-state index in [4.69, 9.17) is 11.6 Å². The molecule has 1 N–H and O–H groups in total. The van der Waals surface area contributed by atoms with Crippen LogP contribution in [0.25, 0.3) is 0 Å². The van der Waals surface area contributed by atoms with Crippen molar-refractivity contribution in [2.45, 2.75) is 38.5 Å². The fourth-order valence-corrected chi connectivity index (χ4v) is 4.29. The fraction of sp³-hybridized carbons (Fsp3) is 0.611. The summed E-state index contributed by atoms with van der Waals surface area (Å²) >= 11 is 6.01. The Labute approximate surface area is 132 Å². The van der Waals surface area contributed by atoms with Crippen LogP contribution >= 0.6 is 11.6 Å². The van der Waals surface area contributed by atoms with Gasteiger partial charge in [0.2, 0.25) is 5.91 Å². The first-order chi connectivity index (χ1) is 10.3. The summed E-state index contributed by atoms with van der Waals surface area (Å²) in [5, 5.41) is 3.19. The van der Waals surface area contributed by atoms with E-state index in [1.54, 1.807) is 0 Å². The number of hydrogen-bond acceptors (Lipinski definition) is 1. The highest BCUT2D eigenvalue weighted by atomic mass is 35.5. The lowest BCUT2D eigenvalue weighted by Crippen LogP contribution is -2.37. The van der Waals surface area contributed by atoms with Gasteiger partial charge in [0, 0.05) is 18.3 Å². The van der Waals surface area contributed by atoms with Crippen molar-refractivity contribution < 1.29 is 4.79 Å². The summed E-state index contributed by atoms with van der Waals surface area (Å²) in [4.78, 5) is 12.4. The fourth-order valence-electron chi connectivity index (χ4n) is 3.88. The second-order valence-corrected chi connectivity index (χ2v) is 6.87. The van der Waals surface area contributed by atoms with Crippen LogP contribution in [0.1, 0.15) is 36.8 Å². The lowest BCUT2D eigenvalue weighted by molar-refractivity contribution is -0.125. The smallest absolute Gasteiger partial charge is 0.223 e. The van der Waals surface area contributed by atoms with E-state index in [2.05, 4.69) is 29.6 Å². The van der Waals surface area contributed by atoms with Gasteiger partial charge in [0.15, 0.2) is 0 Å². The van der Waals surface area contributed by atoms with Crippen LogP contribution < -0.4 is 5.32 Å². The lowest BCUT2D eigenvalue weighted by Gasteiger charge is -2.25. The van der Waals surface area contributed by atoms with E-state index < -0.39 is 0 Å². The van der Waals surface area contributed by atoms with Crippen molar-refractivity contribution in [1.82, 2.24) is 5.32 Å². The molecule has 1 fully saturated rings. The molecule has 1 aromatic rings. The Balaban J connectivity index is 1.52. The molecule has 0 heterocycles. The van der Waals surface area contributed by atoms with E-state index >= 15 is 0 Å². The Kier molecular flexibility index (Phi) is 4.84. The first-order valence-corrected chi connectivity index (χ1v) is 8.72. The topological polar surface area (TPSA) is 29.1 Å². The largest absolute Gasteiger partial charge is 0.356 e. The van der Waals surface area contributed by atoms with E-state index in [-0.39, 0.29) is 11.8 Å². The van der Waals surface area contributed by atoms with Crippen molar-refractivity contribution in [3.63, 3.8) is 0 Å². The first kappa shape index (κ1) is 14.9. The Morgan fingerprint density at radius 1 is 1.14 bits per heavy atom. The van der Waals surface area contributed by atoms with Gasteiger partial charge in [-0.3, -0.25) is 4.79 Å². The van der Waals surface area contributed by atoms with Crippen molar-refractivity contribution in [3.8, 4) is 0 Å². The number of hydrogen-bond donors (Lipinski definition) is 1. The molecule has 0 aromatic heterocycles. The average Bonchev–Trinajstić information content (AvgIpc) is 2.99. The monoisotopic (exact) mass is 305 g/mol. The third-order valence-corrected chi connectivity index (χ3v) is 5.67. The number of carbonyl (C=O) groups excluding carboxylic acids is 1. The molecule has 2 nitrogen and oxygen atoms in total. The number of aryl methyl sites for hydroxylation is 1. The molecule has 0 aliphatic heterocycles. The number of fused-ring (bicyclic) bond motifs is 1. The summed E-state index contributed by atoms with van der Waals surface area (Å²) in [6.45, 7) is 0.814. The number of benzene rings is 1. The van der Waals surface area contributed by atoms with Crippen molar-refractivity contribution in [1.29, 1.82) is 0 Å².